The number of H-pyrrole nitrogens is 1. The molecule has 1 amide bonds. The van der Waals surface area contributed by atoms with Gasteiger partial charge in [-0.2, -0.15) is 15.3 Å². The predicted molar refractivity (Wildman–Crippen MR) is 141 cm³/mol. The Morgan fingerprint density at radius 1 is 1.19 bits per heavy atom. The molecule has 1 aliphatic rings. The van der Waals surface area contributed by atoms with Crippen LogP contribution < -0.4 is 15.5 Å². The zero-order valence-electron chi connectivity index (χ0n) is 20.0. The molecule has 1 aliphatic heterocycles. The number of nitrogens with one attached hydrogen (secondary N) is 3. The molecule has 0 bridgehead atoms. The number of aromatic nitrogens is 4. The average molecular weight is 479 g/mol. The Labute approximate surface area is 208 Å². The normalized spacial score (nSPS) is 13.8. The minimum Gasteiger partial charge on any atom is -0.371 e. The fourth-order valence-corrected chi connectivity index (χ4v) is 4.38. The largest absolute Gasteiger partial charge is 0.371 e. The van der Waals surface area contributed by atoms with Crippen LogP contribution in [0.25, 0.3) is 22.3 Å². The van der Waals surface area contributed by atoms with E-state index < -0.39 is 0 Å². The van der Waals surface area contributed by atoms with Gasteiger partial charge in [0.2, 0.25) is 11.9 Å². The van der Waals surface area contributed by atoms with E-state index in [0.717, 1.165) is 30.4 Å². The molecule has 0 atom stereocenters. The third-order valence-electron chi connectivity index (χ3n) is 6.41. The molecule has 2 aromatic heterocycles. The molecule has 0 radical (unpaired) electrons. The topological polar surface area (TPSA) is 123 Å². The Balaban J connectivity index is 1.51. The standard InChI is InChI=1S/C27H26N8O/c1-3-24(36)30-20-8-7-18(15-28)22(14-20)25-23-16-29-34-26(23)33-27(32-25)31-19-5-4-6-21(13-19)35-11-9-17(2)10-12-35/h3-8,13-14,16-17H,1,9-12H2,2H3,(H,30,36)(H2,29,31,32,33,34). The highest BCUT2D eigenvalue weighted by Crippen LogP contribution is 2.32. The maximum Gasteiger partial charge on any atom is 0.247 e. The molecule has 4 aromatic rings. The zero-order valence-corrected chi connectivity index (χ0v) is 20.0. The van der Waals surface area contributed by atoms with Crippen LogP contribution in [-0.2, 0) is 4.79 Å². The van der Waals surface area contributed by atoms with Gasteiger partial charge < -0.3 is 15.5 Å². The summed E-state index contributed by atoms with van der Waals surface area (Å²) in [6.45, 7) is 7.87. The third-order valence-corrected chi connectivity index (χ3v) is 6.41. The molecule has 0 spiro atoms. The summed E-state index contributed by atoms with van der Waals surface area (Å²) in [4.78, 5) is 23.6. The fraction of sp³-hybridized carbons (Fsp3) is 0.222. The van der Waals surface area contributed by atoms with E-state index in [1.54, 1.807) is 24.4 Å². The lowest BCUT2D eigenvalue weighted by molar-refractivity contribution is -0.111. The summed E-state index contributed by atoms with van der Waals surface area (Å²) in [6.07, 6.45) is 5.20. The van der Waals surface area contributed by atoms with Gasteiger partial charge in [-0.25, -0.2) is 4.98 Å². The van der Waals surface area contributed by atoms with E-state index in [0.29, 0.717) is 39.5 Å². The molecular formula is C27H26N8O. The second kappa shape index (κ2) is 9.88. The molecule has 0 aliphatic carbocycles. The maximum absolute atomic E-state index is 11.8. The summed E-state index contributed by atoms with van der Waals surface area (Å²) in [5, 5.41) is 23.5. The molecule has 2 aromatic carbocycles. The summed E-state index contributed by atoms with van der Waals surface area (Å²) in [6, 6.07) is 15.5. The zero-order chi connectivity index (χ0) is 25.1. The number of nitrogens with zero attached hydrogens (tertiary/aromatic N) is 5. The van der Waals surface area contributed by atoms with Gasteiger partial charge in [-0.05, 0) is 61.2 Å². The number of carbonyl (C=O) groups excluding carboxylic acids is 1. The molecule has 36 heavy (non-hydrogen) atoms. The number of nitriles is 1. The lowest BCUT2D eigenvalue weighted by atomic mass is 9.99. The molecule has 5 rings (SSSR count). The first-order valence-corrected chi connectivity index (χ1v) is 11.8. The van der Waals surface area contributed by atoms with Gasteiger partial charge in [0.15, 0.2) is 5.65 Å². The van der Waals surface area contributed by atoms with Crippen molar-refractivity contribution in [2.24, 2.45) is 5.92 Å². The van der Waals surface area contributed by atoms with E-state index in [2.05, 4.69) is 62.4 Å². The number of fused-ring (bicyclic) bond motifs is 1. The molecule has 9 heteroatoms. The third kappa shape index (κ3) is 4.74. The fourth-order valence-electron chi connectivity index (χ4n) is 4.38. The second-order valence-corrected chi connectivity index (χ2v) is 8.94. The Kier molecular flexibility index (Phi) is 6.33. The predicted octanol–water partition coefficient (Wildman–Crippen LogP) is 5.00. The summed E-state index contributed by atoms with van der Waals surface area (Å²) < 4.78 is 0. The van der Waals surface area contributed by atoms with Crippen LogP contribution >= 0.6 is 0 Å². The van der Waals surface area contributed by atoms with E-state index in [-0.39, 0.29) is 5.91 Å². The quantitative estimate of drug-likeness (QED) is 0.333. The summed E-state index contributed by atoms with van der Waals surface area (Å²) in [7, 11) is 0. The SMILES string of the molecule is C=CC(=O)Nc1ccc(C#N)c(-c2nc(Nc3cccc(N4CCC(C)CC4)c3)nc3[nH]ncc23)c1. The first kappa shape index (κ1) is 23.1. The van der Waals surface area contributed by atoms with Crippen molar-refractivity contribution in [3.8, 4) is 17.3 Å². The van der Waals surface area contributed by atoms with Crippen molar-refractivity contribution in [1.82, 2.24) is 20.2 Å². The van der Waals surface area contributed by atoms with Gasteiger partial charge in [-0.1, -0.05) is 19.6 Å². The Morgan fingerprint density at radius 3 is 2.81 bits per heavy atom. The molecule has 9 nitrogen and oxygen atoms in total. The Morgan fingerprint density at radius 2 is 2.03 bits per heavy atom. The van der Waals surface area contributed by atoms with E-state index >= 15 is 0 Å². The van der Waals surface area contributed by atoms with Gasteiger partial charge in [0.1, 0.15) is 0 Å². The molecule has 3 heterocycles. The van der Waals surface area contributed by atoms with Gasteiger partial charge in [-0.3, -0.25) is 9.89 Å². The van der Waals surface area contributed by atoms with Crippen LogP contribution in [0.3, 0.4) is 0 Å². The van der Waals surface area contributed by atoms with Crippen molar-refractivity contribution in [2.45, 2.75) is 19.8 Å². The minimum absolute atomic E-state index is 0.341. The number of hydrogen-bond donors (Lipinski definition) is 3. The highest BCUT2D eigenvalue weighted by molar-refractivity contribution is 6.00. The Hall–Kier alpha value is -4.71. The van der Waals surface area contributed by atoms with Gasteiger partial charge in [-0.15, -0.1) is 0 Å². The molecule has 3 N–H and O–H groups in total. The number of piperidine rings is 1. The number of rotatable bonds is 6. The van der Waals surface area contributed by atoms with Crippen LogP contribution in [0.5, 0.6) is 0 Å². The molecule has 180 valence electrons. The Bertz CT molecular complexity index is 1480. The summed E-state index contributed by atoms with van der Waals surface area (Å²) in [5.74, 6) is 0.792. The monoisotopic (exact) mass is 478 g/mol. The van der Waals surface area contributed by atoms with Gasteiger partial charge >= 0.3 is 0 Å². The van der Waals surface area contributed by atoms with Crippen LogP contribution in [0, 0.1) is 17.2 Å². The second-order valence-electron chi connectivity index (χ2n) is 8.94. The smallest absolute Gasteiger partial charge is 0.247 e. The molecule has 1 saturated heterocycles. The van der Waals surface area contributed by atoms with Gasteiger partial charge in [0.25, 0.3) is 0 Å². The van der Waals surface area contributed by atoms with E-state index in [1.165, 1.54) is 18.9 Å². The average Bonchev–Trinajstić information content (AvgIpc) is 3.37. The minimum atomic E-state index is -0.341. The number of amides is 1. The summed E-state index contributed by atoms with van der Waals surface area (Å²) in [5.41, 5.74) is 4.60. The van der Waals surface area contributed by atoms with Crippen LogP contribution in [-0.4, -0.2) is 39.2 Å². The number of hydrogen-bond acceptors (Lipinski definition) is 7. The highest BCUT2D eigenvalue weighted by Gasteiger charge is 2.18. The first-order valence-electron chi connectivity index (χ1n) is 11.8. The van der Waals surface area contributed by atoms with E-state index in [4.69, 9.17) is 4.98 Å². The van der Waals surface area contributed by atoms with Crippen molar-refractivity contribution >= 4 is 40.0 Å². The maximum atomic E-state index is 11.8. The molecule has 1 fully saturated rings. The molecule has 0 saturated carbocycles. The molecular weight excluding hydrogens is 452 g/mol. The number of anilines is 4. The first-order chi connectivity index (χ1) is 17.5. The van der Waals surface area contributed by atoms with E-state index in [1.807, 2.05) is 12.1 Å². The van der Waals surface area contributed by atoms with Crippen molar-refractivity contribution in [2.75, 3.05) is 28.6 Å². The summed E-state index contributed by atoms with van der Waals surface area (Å²) >= 11 is 0. The van der Waals surface area contributed by atoms with Crippen molar-refractivity contribution < 1.29 is 4.79 Å². The van der Waals surface area contributed by atoms with Crippen LogP contribution in [0.4, 0.5) is 23.0 Å². The number of carbonyl (C=O) groups is 1. The van der Waals surface area contributed by atoms with Crippen LogP contribution in [0.1, 0.15) is 25.3 Å². The van der Waals surface area contributed by atoms with Crippen molar-refractivity contribution in [1.29, 1.82) is 5.26 Å². The lowest BCUT2D eigenvalue weighted by Crippen LogP contribution is -2.32. The molecule has 0 unspecified atom stereocenters. The lowest BCUT2D eigenvalue weighted by Gasteiger charge is -2.32. The van der Waals surface area contributed by atoms with E-state index in [9.17, 15) is 10.1 Å². The van der Waals surface area contributed by atoms with Crippen LogP contribution in [0.2, 0.25) is 0 Å². The number of aromatic amines is 1. The van der Waals surface area contributed by atoms with Gasteiger partial charge in [0, 0.05) is 35.7 Å². The number of benzene rings is 2. The van der Waals surface area contributed by atoms with Gasteiger partial charge in [0.05, 0.1) is 28.9 Å². The van der Waals surface area contributed by atoms with Crippen molar-refractivity contribution in [3.63, 3.8) is 0 Å². The van der Waals surface area contributed by atoms with Crippen molar-refractivity contribution in [3.05, 3.63) is 66.9 Å². The highest BCUT2D eigenvalue weighted by atomic mass is 16.1. The van der Waals surface area contributed by atoms with Crippen LogP contribution in [0.15, 0.2) is 61.3 Å².